The number of carbonyl (C=O) groups is 1. The minimum atomic E-state index is -0.165. The fourth-order valence-electron chi connectivity index (χ4n) is 3.10. The molecule has 3 heterocycles. The molecule has 1 aliphatic rings. The van der Waals surface area contributed by atoms with E-state index in [-0.39, 0.29) is 18.5 Å². The van der Waals surface area contributed by atoms with Crippen LogP contribution in [0.4, 0.5) is 5.69 Å². The molecule has 0 aliphatic carbocycles. The molecule has 4 aromatic rings. The van der Waals surface area contributed by atoms with Gasteiger partial charge in [-0.05, 0) is 42.5 Å². The minimum absolute atomic E-state index is 0.161. The predicted octanol–water partition coefficient (Wildman–Crippen LogP) is 3.26. The highest BCUT2D eigenvalue weighted by atomic mass is 32.2. The lowest BCUT2D eigenvalue weighted by Crippen LogP contribution is -2.14. The number of benzene rings is 2. The monoisotopic (exact) mass is 435 g/mol. The molecule has 0 unspecified atom stereocenters. The number of hydrogen-bond donors (Lipinski definition) is 1. The number of aromatic nitrogens is 4. The van der Waals surface area contributed by atoms with Crippen LogP contribution in [-0.4, -0.2) is 45.4 Å². The highest BCUT2D eigenvalue weighted by Gasteiger charge is 2.16. The van der Waals surface area contributed by atoms with Gasteiger partial charge >= 0.3 is 0 Å². The van der Waals surface area contributed by atoms with Gasteiger partial charge in [0.15, 0.2) is 17.1 Å². The van der Waals surface area contributed by atoms with Gasteiger partial charge in [-0.2, -0.15) is 9.61 Å². The largest absolute Gasteiger partial charge is 0.497 e. The summed E-state index contributed by atoms with van der Waals surface area (Å²) in [5.74, 6) is 2.07. The van der Waals surface area contributed by atoms with Crippen molar-refractivity contribution < 1.29 is 19.0 Å². The third-order valence-electron chi connectivity index (χ3n) is 4.59. The zero-order valence-electron chi connectivity index (χ0n) is 16.4. The number of anilines is 1. The van der Waals surface area contributed by atoms with Gasteiger partial charge in [0, 0.05) is 17.3 Å². The average Bonchev–Trinajstić information content (AvgIpc) is 3.43. The Morgan fingerprint density at radius 2 is 2.03 bits per heavy atom. The number of nitrogens with one attached hydrogen (secondary N) is 1. The van der Waals surface area contributed by atoms with E-state index in [4.69, 9.17) is 14.2 Å². The molecule has 9 nitrogen and oxygen atoms in total. The summed E-state index contributed by atoms with van der Waals surface area (Å²) in [6.07, 6.45) is 0. The van der Waals surface area contributed by atoms with Crippen LogP contribution >= 0.6 is 11.8 Å². The summed E-state index contributed by atoms with van der Waals surface area (Å²) >= 11 is 1.26. The van der Waals surface area contributed by atoms with Gasteiger partial charge in [0.05, 0.1) is 18.6 Å². The van der Waals surface area contributed by atoms with Gasteiger partial charge in [0.1, 0.15) is 5.75 Å². The molecule has 0 fully saturated rings. The third kappa shape index (κ3) is 3.97. The highest BCUT2D eigenvalue weighted by Crippen LogP contribution is 2.35. The van der Waals surface area contributed by atoms with Crippen molar-refractivity contribution in [2.45, 2.75) is 5.16 Å². The molecular formula is C21H17N5O4S. The van der Waals surface area contributed by atoms with Crippen molar-refractivity contribution in [1.82, 2.24) is 19.8 Å². The van der Waals surface area contributed by atoms with Crippen LogP contribution in [0, 0.1) is 0 Å². The Labute approximate surface area is 181 Å². The van der Waals surface area contributed by atoms with Crippen molar-refractivity contribution >= 4 is 29.0 Å². The lowest BCUT2D eigenvalue weighted by Gasteiger charge is -2.07. The van der Waals surface area contributed by atoms with Gasteiger partial charge in [0.2, 0.25) is 17.9 Å². The molecule has 31 heavy (non-hydrogen) atoms. The van der Waals surface area contributed by atoms with E-state index in [9.17, 15) is 4.79 Å². The Morgan fingerprint density at radius 3 is 2.94 bits per heavy atom. The van der Waals surface area contributed by atoms with Crippen molar-refractivity contribution in [2.24, 2.45) is 0 Å². The van der Waals surface area contributed by atoms with Gasteiger partial charge in [0.25, 0.3) is 0 Å². The molecule has 0 saturated carbocycles. The fourth-order valence-corrected chi connectivity index (χ4v) is 3.78. The quantitative estimate of drug-likeness (QED) is 0.461. The van der Waals surface area contributed by atoms with Crippen LogP contribution in [0.2, 0.25) is 0 Å². The Kier molecular flexibility index (Phi) is 5.04. The number of fused-ring (bicyclic) bond motifs is 2. The molecular weight excluding hydrogens is 418 g/mol. The van der Waals surface area contributed by atoms with Crippen molar-refractivity contribution in [2.75, 3.05) is 25.0 Å². The Hall–Kier alpha value is -3.79. The molecule has 1 N–H and O–H groups in total. The second kappa shape index (κ2) is 8.15. The summed E-state index contributed by atoms with van der Waals surface area (Å²) in [5, 5.41) is 16.3. The summed E-state index contributed by atoms with van der Waals surface area (Å²) < 4.78 is 17.6. The Bertz CT molecular complexity index is 1280. The summed E-state index contributed by atoms with van der Waals surface area (Å²) in [6.45, 7) is 0.218. The van der Waals surface area contributed by atoms with E-state index in [1.54, 1.807) is 23.8 Å². The van der Waals surface area contributed by atoms with Gasteiger partial charge in [-0.15, -0.1) is 10.2 Å². The molecule has 0 bridgehead atoms. The number of thioether (sulfide) groups is 1. The standard InChI is InChI=1S/C21H17N5O4S/c1-28-15-4-2-3-14(10-15)22-20(27)11-31-21-24-23-19-8-6-16(25-26(19)21)13-5-7-17-18(9-13)30-12-29-17/h2-10H,11-12H2,1H3,(H,22,27). The second-order valence-electron chi connectivity index (χ2n) is 6.61. The lowest BCUT2D eigenvalue weighted by molar-refractivity contribution is -0.113. The molecule has 0 atom stereocenters. The van der Waals surface area contributed by atoms with Gasteiger partial charge in [-0.1, -0.05) is 17.8 Å². The first kappa shape index (κ1) is 19.2. The van der Waals surface area contributed by atoms with Crippen molar-refractivity contribution in [3.05, 3.63) is 54.6 Å². The zero-order valence-corrected chi connectivity index (χ0v) is 17.3. The minimum Gasteiger partial charge on any atom is -0.497 e. The van der Waals surface area contributed by atoms with Crippen molar-refractivity contribution in [1.29, 1.82) is 0 Å². The van der Waals surface area contributed by atoms with E-state index in [0.717, 1.165) is 11.3 Å². The van der Waals surface area contributed by atoms with Crippen LogP contribution in [0.1, 0.15) is 0 Å². The Morgan fingerprint density at radius 1 is 1.13 bits per heavy atom. The number of amides is 1. The summed E-state index contributed by atoms with van der Waals surface area (Å²) in [5.41, 5.74) is 2.87. The maximum absolute atomic E-state index is 12.4. The predicted molar refractivity (Wildman–Crippen MR) is 115 cm³/mol. The van der Waals surface area contributed by atoms with Gasteiger partial charge < -0.3 is 19.5 Å². The summed E-state index contributed by atoms with van der Waals surface area (Å²) in [7, 11) is 1.58. The number of ether oxygens (including phenoxy) is 3. The van der Waals surface area contributed by atoms with E-state index in [1.165, 1.54) is 11.8 Å². The van der Waals surface area contributed by atoms with Crippen LogP contribution in [0.3, 0.4) is 0 Å². The molecule has 5 rings (SSSR count). The maximum Gasteiger partial charge on any atom is 0.234 e. The van der Waals surface area contributed by atoms with Crippen molar-refractivity contribution in [3.63, 3.8) is 0 Å². The molecule has 0 spiro atoms. The third-order valence-corrected chi connectivity index (χ3v) is 5.51. The zero-order chi connectivity index (χ0) is 21.2. The Balaban J connectivity index is 1.32. The lowest BCUT2D eigenvalue weighted by atomic mass is 10.1. The van der Waals surface area contributed by atoms with E-state index >= 15 is 0 Å². The number of methoxy groups -OCH3 is 1. The highest BCUT2D eigenvalue weighted by molar-refractivity contribution is 7.99. The SMILES string of the molecule is COc1cccc(NC(=O)CSc2nnc3ccc(-c4ccc5c(c4)OCO5)nn23)c1. The van der Waals surface area contributed by atoms with Gasteiger partial charge in [-0.25, -0.2) is 0 Å². The smallest absolute Gasteiger partial charge is 0.234 e. The number of rotatable bonds is 6. The van der Waals surface area contributed by atoms with Crippen LogP contribution < -0.4 is 19.5 Å². The molecule has 0 radical (unpaired) electrons. The average molecular weight is 435 g/mol. The first-order valence-corrected chi connectivity index (χ1v) is 10.4. The first-order chi connectivity index (χ1) is 15.2. The van der Waals surface area contributed by atoms with E-state index in [2.05, 4.69) is 20.6 Å². The van der Waals surface area contributed by atoms with Crippen molar-refractivity contribution in [3.8, 4) is 28.5 Å². The fraction of sp³-hybridized carbons (Fsp3) is 0.143. The molecule has 0 saturated heterocycles. The summed E-state index contributed by atoms with van der Waals surface area (Å²) in [6, 6.07) is 16.5. The van der Waals surface area contributed by atoms with Crippen LogP contribution in [-0.2, 0) is 4.79 Å². The maximum atomic E-state index is 12.4. The second-order valence-corrected chi connectivity index (χ2v) is 7.55. The number of hydrogen-bond acceptors (Lipinski definition) is 8. The van der Waals surface area contributed by atoms with Crippen LogP contribution in [0.15, 0.2) is 59.8 Å². The molecule has 1 aliphatic heterocycles. The topological polar surface area (TPSA) is 99.9 Å². The van der Waals surface area contributed by atoms with E-state index in [1.807, 2.05) is 42.5 Å². The summed E-state index contributed by atoms with van der Waals surface area (Å²) in [4.78, 5) is 12.4. The number of carbonyl (C=O) groups excluding carboxylic acids is 1. The molecule has 156 valence electrons. The normalized spacial score (nSPS) is 12.2. The first-order valence-electron chi connectivity index (χ1n) is 9.39. The van der Waals surface area contributed by atoms with Crippen LogP contribution in [0.5, 0.6) is 17.2 Å². The number of nitrogens with zero attached hydrogens (tertiary/aromatic N) is 4. The molecule has 1 amide bonds. The van der Waals surface area contributed by atoms with Crippen LogP contribution in [0.25, 0.3) is 16.9 Å². The van der Waals surface area contributed by atoms with Gasteiger partial charge in [-0.3, -0.25) is 4.79 Å². The molecule has 2 aromatic heterocycles. The molecule has 2 aromatic carbocycles. The van der Waals surface area contributed by atoms with E-state index in [0.29, 0.717) is 33.7 Å². The van der Waals surface area contributed by atoms with E-state index < -0.39 is 0 Å². The molecule has 10 heteroatoms.